The summed E-state index contributed by atoms with van der Waals surface area (Å²) < 4.78 is 11.1. The number of hydrogen-bond acceptors (Lipinski definition) is 3. The van der Waals surface area contributed by atoms with Gasteiger partial charge in [0.1, 0.15) is 6.61 Å². The summed E-state index contributed by atoms with van der Waals surface area (Å²) in [4.78, 5) is 11.1. The maximum absolute atomic E-state index is 11.1. The molecular formula is C16H26O3. The predicted octanol–water partition coefficient (Wildman–Crippen LogP) is 3.65. The molecule has 0 saturated heterocycles. The molecule has 3 nitrogen and oxygen atoms in total. The third kappa shape index (κ3) is 5.19. The van der Waals surface area contributed by atoms with Crippen molar-refractivity contribution in [2.24, 2.45) is 5.41 Å². The van der Waals surface area contributed by atoms with Gasteiger partial charge in [-0.25, -0.2) is 4.79 Å². The first-order valence-electron chi connectivity index (χ1n) is 6.81. The molecule has 1 aliphatic rings. The first-order chi connectivity index (χ1) is 8.65. The molecule has 0 aromatic carbocycles. The van der Waals surface area contributed by atoms with Gasteiger partial charge in [-0.1, -0.05) is 26.5 Å². The Kier molecular flexibility index (Phi) is 4.97. The van der Waals surface area contributed by atoms with Crippen molar-refractivity contribution < 1.29 is 14.3 Å². The molecule has 0 saturated carbocycles. The van der Waals surface area contributed by atoms with Crippen LogP contribution in [0.4, 0.5) is 0 Å². The average Bonchev–Trinajstić information content (AvgIpc) is 2.66. The van der Waals surface area contributed by atoms with Crippen LogP contribution in [0.1, 0.15) is 47.5 Å². The highest BCUT2D eigenvalue weighted by Crippen LogP contribution is 2.38. The van der Waals surface area contributed by atoms with Crippen LogP contribution in [-0.4, -0.2) is 24.3 Å². The lowest BCUT2D eigenvalue weighted by Gasteiger charge is -2.30. The molecule has 0 fully saturated rings. The summed E-state index contributed by atoms with van der Waals surface area (Å²) in [7, 11) is 0. The number of hydrogen-bond donors (Lipinski definition) is 0. The maximum atomic E-state index is 11.1. The lowest BCUT2D eigenvalue weighted by Crippen LogP contribution is -2.35. The van der Waals surface area contributed by atoms with Gasteiger partial charge in [0.05, 0.1) is 11.7 Å². The number of carbonyl (C=O) groups is 1. The Balaban J connectivity index is 2.49. The molecule has 1 unspecified atom stereocenters. The fourth-order valence-corrected chi connectivity index (χ4v) is 2.31. The minimum atomic E-state index is -0.494. The summed E-state index contributed by atoms with van der Waals surface area (Å²) in [5.41, 5.74) is 1.19. The molecule has 0 amide bonds. The highest BCUT2D eigenvalue weighted by Gasteiger charge is 2.30. The minimum Gasteiger partial charge on any atom is -0.459 e. The number of carbonyl (C=O) groups excluding carboxylic acids is 1. The van der Waals surface area contributed by atoms with Crippen LogP contribution in [0.15, 0.2) is 24.3 Å². The molecule has 0 spiro atoms. The average molecular weight is 266 g/mol. The molecular weight excluding hydrogens is 240 g/mol. The zero-order valence-corrected chi connectivity index (χ0v) is 12.8. The monoisotopic (exact) mass is 266 g/mol. The second kappa shape index (κ2) is 5.91. The zero-order valence-electron chi connectivity index (χ0n) is 12.8. The number of ether oxygens (including phenoxy) is 2. The van der Waals surface area contributed by atoms with Crippen LogP contribution >= 0.6 is 0 Å². The van der Waals surface area contributed by atoms with Gasteiger partial charge in [0.2, 0.25) is 0 Å². The maximum Gasteiger partial charge on any atom is 0.330 e. The Morgan fingerprint density at radius 2 is 2.21 bits per heavy atom. The van der Waals surface area contributed by atoms with Crippen LogP contribution in [0.25, 0.3) is 0 Å². The van der Waals surface area contributed by atoms with Crippen LogP contribution in [0, 0.1) is 5.41 Å². The van der Waals surface area contributed by atoms with E-state index in [4.69, 9.17) is 9.47 Å². The predicted molar refractivity (Wildman–Crippen MR) is 76.9 cm³/mol. The van der Waals surface area contributed by atoms with Gasteiger partial charge in [-0.05, 0) is 44.6 Å². The van der Waals surface area contributed by atoms with E-state index in [2.05, 4.69) is 33.4 Å². The Bertz CT molecular complexity index is 377. The van der Waals surface area contributed by atoms with Crippen molar-refractivity contribution in [3.8, 4) is 0 Å². The van der Waals surface area contributed by atoms with Gasteiger partial charge in [0.25, 0.3) is 0 Å². The number of esters is 1. The quantitative estimate of drug-likeness (QED) is 0.418. The van der Waals surface area contributed by atoms with Crippen molar-refractivity contribution >= 4 is 5.97 Å². The van der Waals surface area contributed by atoms with Crippen molar-refractivity contribution in [2.75, 3.05) is 6.61 Å². The molecule has 0 N–H and O–H groups in total. The van der Waals surface area contributed by atoms with Crippen molar-refractivity contribution in [2.45, 2.75) is 59.2 Å². The Labute approximate surface area is 116 Å². The molecule has 0 heterocycles. The molecule has 1 rings (SSSR count). The first kappa shape index (κ1) is 16.0. The Hall–Kier alpha value is -1.09. The Morgan fingerprint density at radius 3 is 2.68 bits per heavy atom. The highest BCUT2D eigenvalue weighted by atomic mass is 16.6. The van der Waals surface area contributed by atoms with Gasteiger partial charge < -0.3 is 9.47 Å². The highest BCUT2D eigenvalue weighted by molar-refractivity contribution is 5.81. The largest absolute Gasteiger partial charge is 0.459 e. The first-order valence-corrected chi connectivity index (χ1v) is 6.81. The standard InChI is InChI=1S/C16H26O3/c1-7-14(17)18-11-16(5,6)19-12(2)13-8-9-15(3,4)10-13/h7-8,12H,1,9-11H2,2-6H3. The van der Waals surface area contributed by atoms with Crippen molar-refractivity contribution in [3.63, 3.8) is 0 Å². The van der Waals surface area contributed by atoms with E-state index in [1.807, 2.05) is 13.8 Å². The molecule has 1 aliphatic carbocycles. The molecule has 0 aromatic rings. The van der Waals surface area contributed by atoms with Gasteiger partial charge in [0, 0.05) is 6.08 Å². The van der Waals surface area contributed by atoms with Crippen LogP contribution in [0.5, 0.6) is 0 Å². The second-order valence-electron chi connectivity index (χ2n) is 6.66. The number of rotatable bonds is 6. The van der Waals surface area contributed by atoms with Crippen molar-refractivity contribution in [1.29, 1.82) is 0 Å². The number of allylic oxidation sites excluding steroid dienone is 1. The molecule has 108 valence electrons. The summed E-state index contributed by atoms with van der Waals surface area (Å²) in [5, 5.41) is 0. The molecule has 19 heavy (non-hydrogen) atoms. The van der Waals surface area contributed by atoms with Crippen molar-refractivity contribution in [1.82, 2.24) is 0 Å². The fourth-order valence-electron chi connectivity index (χ4n) is 2.31. The summed E-state index contributed by atoms with van der Waals surface area (Å²) in [6.45, 7) is 14.1. The van der Waals surface area contributed by atoms with Gasteiger partial charge in [0.15, 0.2) is 0 Å². The van der Waals surface area contributed by atoms with Crippen LogP contribution in [0.2, 0.25) is 0 Å². The molecule has 0 radical (unpaired) electrons. The van der Waals surface area contributed by atoms with E-state index < -0.39 is 11.6 Å². The minimum absolute atomic E-state index is 0.0548. The van der Waals surface area contributed by atoms with E-state index >= 15 is 0 Å². The van der Waals surface area contributed by atoms with Gasteiger partial charge in [-0.2, -0.15) is 0 Å². The third-order valence-corrected chi connectivity index (χ3v) is 3.35. The second-order valence-corrected chi connectivity index (χ2v) is 6.66. The van der Waals surface area contributed by atoms with E-state index in [0.717, 1.165) is 12.8 Å². The lowest BCUT2D eigenvalue weighted by atomic mass is 9.89. The van der Waals surface area contributed by atoms with Crippen molar-refractivity contribution in [3.05, 3.63) is 24.3 Å². The van der Waals surface area contributed by atoms with Crippen LogP contribution in [-0.2, 0) is 14.3 Å². The van der Waals surface area contributed by atoms with Crippen LogP contribution in [0.3, 0.4) is 0 Å². The molecule has 1 atom stereocenters. The topological polar surface area (TPSA) is 35.5 Å². The van der Waals surface area contributed by atoms with E-state index in [9.17, 15) is 4.79 Å². The van der Waals surface area contributed by atoms with Gasteiger partial charge in [-0.15, -0.1) is 0 Å². The summed E-state index contributed by atoms with van der Waals surface area (Å²) >= 11 is 0. The van der Waals surface area contributed by atoms with Gasteiger partial charge >= 0.3 is 5.97 Å². The normalized spacial score (nSPS) is 19.7. The van der Waals surface area contributed by atoms with Gasteiger partial charge in [-0.3, -0.25) is 0 Å². The molecule has 0 aromatic heterocycles. The molecule has 0 aliphatic heterocycles. The summed E-state index contributed by atoms with van der Waals surface area (Å²) in [5.74, 6) is -0.412. The molecule has 0 bridgehead atoms. The smallest absolute Gasteiger partial charge is 0.330 e. The molecule has 3 heteroatoms. The summed E-state index contributed by atoms with van der Waals surface area (Å²) in [6, 6.07) is 0. The van der Waals surface area contributed by atoms with Crippen LogP contribution < -0.4 is 0 Å². The lowest BCUT2D eigenvalue weighted by molar-refractivity contribution is -0.150. The van der Waals surface area contributed by atoms with E-state index in [1.54, 1.807) is 0 Å². The Morgan fingerprint density at radius 1 is 1.58 bits per heavy atom. The summed E-state index contributed by atoms with van der Waals surface area (Å²) in [6.07, 6.45) is 5.66. The zero-order chi connectivity index (χ0) is 14.7. The fraction of sp³-hybridized carbons (Fsp3) is 0.688. The van der Waals surface area contributed by atoms with E-state index in [0.29, 0.717) is 5.41 Å². The SMILES string of the molecule is C=CC(=O)OCC(C)(C)OC(C)C1=CCC(C)(C)C1. The van der Waals surface area contributed by atoms with E-state index in [-0.39, 0.29) is 12.7 Å². The van der Waals surface area contributed by atoms with E-state index in [1.165, 1.54) is 11.6 Å². The third-order valence-electron chi connectivity index (χ3n) is 3.35.